The van der Waals surface area contributed by atoms with Gasteiger partial charge in [0.25, 0.3) is 0 Å². The number of hydrogen-bond donors (Lipinski definition) is 2. The fourth-order valence-corrected chi connectivity index (χ4v) is 6.05. The zero-order chi connectivity index (χ0) is 14.0. The average Bonchev–Trinajstić information content (AvgIpc) is 2.71. The van der Waals surface area contributed by atoms with Crippen molar-refractivity contribution in [1.29, 1.82) is 0 Å². The summed E-state index contributed by atoms with van der Waals surface area (Å²) < 4.78 is 28.0. The summed E-state index contributed by atoms with van der Waals surface area (Å²) in [5.74, 6) is 0.00222. The molecular weight excluding hydrogens is 374 g/mol. The van der Waals surface area contributed by atoms with Gasteiger partial charge in [0.1, 0.15) is 4.21 Å². The Bertz CT molecular complexity index is 527. The number of thiophene rings is 1. The summed E-state index contributed by atoms with van der Waals surface area (Å²) in [5, 5.41) is 9.71. The molecule has 1 fully saturated rings. The van der Waals surface area contributed by atoms with E-state index in [0.29, 0.717) is 8.81 Å². The van der Waals surface area contributed by atoms with Gasteiger partial charge in [-0.3, -0.25) is 0 Å². The first kappa shape index (κ1) is 15.7. The van der Waals surface area contributed by atoms with E-state index in [-0.39, 0.29) is 22.8 Å². The lowest BCUT2D eigenvalue weighted by molar-refractivity contribution is 0.164. The van der Waals surface area contributed by atoms with Gasteiger partial charge in [-0.2, -0.15) is 0 Å². The first-order valence-electron chi connectivity index (χ1n) is 6.02. The molecule has 0 aliphatic heterocycles. The molecule has 1 aliphatic rings. The van der Waals surface area contributed by atoms with Crippen molar-refractivity contribution in [2.45, 2.75) is 35.9 Å². The molecule has 4 nitrogen and oxygen atoms in total. The molecule has 2 unspecified atom stereocenters. The van der Waals surface area contributed by atoms with Crippen molar-refractivity contribution in [2.24, 2.45) is 5.92 Å². The Morgan fingerprint density at radius 2 is 2.16 bits per heavy atom. The van der Waals surface area contributed by atoms with E-state index in [1.54, 1.807) is 0 Å². The van der Waals surface area contributed by atoms with E-state index in [9.17, 15) is 13.5 Å². The first-order valence-corrected chi connectivity index (χ1v) is 9.49. The SMILES string of the molecule is O=S(=O)(NC1CCCCC1CO)c1cc(Cl)c(Br)s1. The molecule has 108 valence electrons. The Morgan fingerprint density at radius 3 is 2.74 bits per heavy atom. The second-order valence-corrected chi connectivity index (χ2v) is 9.36. The monoisotopic (exact) mass is 387 g/mol. The predicted molar refractivity (Wildman–Crippen MR) is 80.2 cm³/mol. The zero-order valence-corrected chi connectivity index (χ0v) is 14.1. The lowest BCUT2D eigenvalue weighted by Crippen LogP contribution is -2.43. The van der Waals surface area contributed by atoms with Gasteiger partial charge in [0.2, 0.25) is 10.0 Å². The Labute approximate surface area is 130 Å². The summed E-state index contributed by atoms with van der Waals surface area (Å²) in [6, 6.07) is 1.25. The fraction of sp³-hybridized carbons (Fsp3) is 0.636. The molecule has 19 heavy (non-hydrogen) atoms. The van der Waals surface area contributed by atoms with Crippen LogP contribution >= 0.6 is 38.9 Å². The molecule has 1 aromatic rings. The van der Waals surface area contributed by atoms with Crippen LogP contribution in [0.25, 0.3) is 0 Å². The van der Waals surface area contributed by atoms with Crippen molar-refractivity contribution >= 4 is 48.9 Å². The average molecular weight is 389 g/mol. The Hall–Kier alpha value is 0.340. The summed E-state index contributed by atoms with van der Waals surface area (Å²) in [5.41, 5.74) is 0. The minimum Gasteiger partial charge on any atom is -0.396 e. The number of aliphatic hydroxyl groups is 1. The van der Waals surface area contributed by atoms with E-state index >= 15 is 0 Å². The lowest BCUT2D eigenvalue weighted by atomic mass is 9.86. The van der Waals surface area contributed by atoms with Crippen molar-refractivity contribution < 1.29 is 13.5 Å². The molecule has 2 rings (SSSR count). The number of rotatable bonds is 4. The highest BCUT2D eigenvalue weighted by atomic mass is 79.9. The van der Waals surface area contributed by atoms with Crippen molar-refractivity contribution in [3.63, 3.8) is 0 Å². The van der Waals surface area contributed by atoms with Gasteiger partial charge in [-0.1, -0.05) is 24.4 Å². The minimum atomic E-state index is -3.56. The fourth-order valence-electron chi connectivity index (χ4n) is 2.30. The molecule has 0 amide bonds. The van der Waals surface area contributed by atoms with Crippen LogP contribution in [0.1, 0.15) is 25.7 Å². The topological polar surface area (TPSA) is 66.4 Å². The molecule has 2 N–H and O–H groups in total. The van der Waals surface area contributed by atoms with Gasteiger partial charge in [-0.05, 0) is 40.8 Å². The molecule has 0 spiro atoms. The molecule has 0 aromatic carbocycles. The molecule has 2 atom stereocenters. The normalized spacial score (nSPS) is 24.6. The Balaban J connectivity index is 2.16. The molecule has 0 radical (unpaired) electrons. The van der Waals surface area contributed by atoms with E-state index in [0.717, 1.165) is 37.0 Å². The van der Waals surface area contributed by atoms with Crippen LogP contribution < -0.4 is 4.72 Å². The maximum Gasteiger partial charge on any atom is 0.250 e. The third kappa shape index (κ3) is 3.71. The highest BCUT2D eigenvalue weighted by molar-refractivity contribution is 9.11. The van der Waals surface area contributed by atoms with Crippen LogP contribution in [0.4, 0.5) is 0 Å². The zero-order valence-electron chi connectivity index (χ0n) is 10.1. The van der Waals surface area contributed by atoms with Crippen molar-refractivity contribution in [3.8, 4) is 0 Å². The molecular formula is C11H15BrClNO3S2. The van der Waals surface area contributed by atoms with Gasteiger partial charge in [-0.15, -0.1) is 11.3 Å². The second-order valence-electron chi connectivity index (χ2n) is 4.64. The Kier molecular flexibility index (Phi) is 5.30. The summed E-state index contributed by atoms with van der Waals surface area (Å²) in [6.07, 6.45) is 3.65. The number of aliphatic hydroxyl groups excluding tert-OH is 1. The van der Waals surface area contributed by atoms with E-state index in [4.69, 9.17) is 11.6 Å². The second kappa shape index (κ2) is 6.41. The van der Waals surface area contributed by atoms with Crippen molar-refractivity contribution in [2.75, 3.05) is 6.61 Å². The largest absolute Gasteiger partial charge is 0.396 e. The smallest absolute Gasteiger partial charge is 0.250 e. The van der Waals surface area contributed by atoms with Crippen LogP contribution in [0.3, 0.4) is 0 Å². The van der Waals surface area contributed by atoms with Gasteiger partial charge in [-0.25, -0.2) is 13.1 Å². The summed E-state index contributed by atoms with van der Waals surface area (Å²) in [7, 11) is -3.56. The molecule has 8 heteroatoms. The first-order chi connectivity index (χ1) is 8.94. The summed E-state index contributed by atoms with van der Waals surface area (Å²) >= 11 is 10.2. The third-order valence-corrected chi connectivity index (χ3v) is 7.78. The van der Waals surface area contributed by atoms with Crippen LogP contribution in [0, 0.1) is 5.92 Å². The van der Waals surface area contributed by atoms with Gasteiger partial charge in [0, 0.05) is 12.6 Å². The number of halogens is 2. The van der Waals surface area contributed by atoms with Gasteiger partial charge < -0.3 is 5.11 Å². The molecule has 1 aliphatic carbocycles. The molecule has 1 aromatic heterocycles. The molecule has 0 saturated heterocycles. The van der Waals surface area contributed by atoms with E-state index in [1.807, 2.05) is 0 Å². The van der Waals surface area contributed by atoms with Crippen molar-refractivity contribution in [3.05, 3.63) is 14.9 Å². The quantitative estimate of drug-likeness (QED) is 0.833. The van der Waals surface area contributed by atoms with E-state index < -0.39 is 10.0 Å². The van der Waals surface area contributed by atoms with Crippen LogP contribution in [-0.4, -0.2) is 26.2 Å². The molecule has 1 saturated carbocycles. The lowest BCUT2D eigenvalue weighted by Gasteiger charge is -2.30. The van der Waals surface area contributed by atoms with Crippen molar-refractivity contribution in [1.82, 2.24) is 4.72 Å². The molecule has 0 bridgehead atoms. The van der Waals surface area contributed by atoms with E-state index in [2.05, 4.69) is 20.7 Å². The number of nitrogens with one attached hydrogen (secondary N) is 1. The maximum atomic E-state index is 12.3. The molecule has 1 heterocycles. The van der Waals surface area contributed by atoms with Gasteiger partial charge >= 0.3 is 0 Å². The summed E-state index contributed by atoms with van der Waals surface area (Å²) in [4.78, 5) is 0. The number of hydrogen-bond acceptors (Lipinski definition) is 4. The van der Waals surface area contributed by atoms with Crippen LogP contribution in [0.2, 0.25) is 5.02 Å². The van der Waals surface area contributed by atoms with Gasteiger partial charge in [0.15, 0.2) is 0 Å². The Morgan fingerprint density at radius 1 is 1.47 bits per heavy atom. The number of sulfonamides is 1. The minimum absolute atomic E-state index is 0.00222. The van der Waals surface area contributed by atoms with Crippen LogP contribution in [0.15, 0.2) is 14.1 Å². The maximum absolute atomic E-state index is 12.3. The summed E-state index contributed by atoms with van der Waals surface area (Å²) in [6.45, 7) is 0.0160. The highest BCUT2D eigenvalue weighted by Gasteiger charge is 2.30. The highest BCUT2D eigenvalue weighted by Crippen LogP contribution is 2.35. The van der Waals surface area contributed by atoms with Crippen LogP contribution in [-0.2, 0) is 10.0 Å². The van der Waals surface area contributed by atoms with E-state index in [1.165, 1.54) is 6.07 Å². The predicted octanol–water partition coefficient (Wildman–Crippen LogP) is 2.99. The standard InChI is InChI=1S/C11H15BrClNO3S2/c12-11-8(13)5-10(18-11)19(16,17)14-9-4-2-1-3-7(9)6-15/h5,7,9,14-15H,1-4,6H2. The van der Waals surface area contributed by atoms with Crippen LogP contribution in [0.5, 0.6) is 0 Å². The third-order valence-electron chi connectivity index (χ3n) is 3.34. The van der Waals surface area contributed by atoms with Gasteiger partial charge in [0.05, 0.1) is 8.81 Å².